The van der Waals surface area contributed by atoms with Gasteiger partial charge in [0.1, 0.15) is 0 Å². The first-order chi connectivity index (χ1) is 5.22. The zero-order valence-corrected chi connectivity index (χ0v) is 6.73. The van der Waals surface area contributed by atoms with E-state index in [2.05, 4.69) is 10.6 Å². The van der Waals surface area contributed by atoms with Crippen LogP contribution in [-0.4, -0.2) is 25.2 Å². The number of hydrogen-bond acceptors (Lipinski definition) is 3. The number of carbonyl (C=O) groups is 1. The molecule has 0 saturated carbocycles. The molecule has 0 radical (unpaired) electrons. The van der Waals surface area contributed by atoms with Gasteiger partial charge in [0.15, 0.2) is 0 Å². The van der Waals surface area contributed by atoms with Gasteiger partial charge < -0.3 is 10.6 Å². The first kappa shape index (κ1) is 12.3. The number of carbonyl (C=O) groups excluding carboxylic acids is 2. The Hall–Kier alpha value is -1.35. The van der Waals surface area contributed by atoms with Crippen molar-refractivity contribution < 1.29 is 9.59 Å². The molecule has 0 atom stereocenters. The first-order valence-electron chi connectivity index (χ1n) is 3.28. The lowest BCUT2D eigenvalue weighted by molar-refractivity contribution is 0.242. The van der Waals surface area contributed by atoms with E-state index in [1.807, 2.05) is 13.8 Å². The molecule has 0 heterocycles. The summed E-state index contributed by atoms with van der Waals surface area (Å²) in [5.41, 5.74) is 0. The summed E-state index contributed by atoms with van der Waals surface area (Å²) in [6.07, 6.45) is 0.750. The maximum Gasteiger partial charge on any atom is 0.314 e. The first-order valence-corrected chi connectivity index (χ1v) is 3.28. The van der Waals surface area contributed by atoms with Crippen LogP contribution in [-0.2, 0) is 4.79 Å². The molecule has 11 heavy (non-hydrogen) atoms. The quantitative estimate of drug-likeness (QED) is 0.398. The van der Waals surface area contributed by atoms with Gasteiger partial charge in [0, 0.05) is 13.1 Å². The van der Waals surface area contributed by atoms with Crippen LogP contribution in [0.25, 0.3) is 0 Å². The van der Waals surface area contributed by atoms with Crippen LogP contribution >= 0.6 is 0 Å². The van der Waals surface area contributed by atoms with Gasteiger partial charge in [0.25, 0.3) is 0 Å². The van der Waals surface area contributed by atoms with E-state index in [0.717, 1.165) is 6.08 Å². The molecule has 0 bridgehead atoms. The molecule has 0 unspecified atom stereocenters. The van der Waals surface area contributed by atoms with Gasteiger partial charge in [-0.3, -0.25) is 0 Å². The second kappa shape index (κ2) is 11.4. The molecule has 0 saturated heterocycles. The van der Waals surface area contributed by atoms with Gasteiger partial charge in [-0.15, -0.1) is 0 Å². The standard InChI is InChI=1S/C5H12N2O.CHNO/c1-3-6-5(8)7-4-2;2-1-3/h3-4H2,1-2H3,(H2,6,7,8);2H. The summed E-state index contributed by atoms with van der Waals surface area (Å²) in [6.45, 7) is 5.14. The third-order valence-corrected chi connectivity index (χ3v) is 0.675. The van der Waals surface area contributed by atoms with E-state index in [0.29, 0.717) is 13.1 Å². The summed E-state index contributed by atoms with van der Waals surface area (Å²) in [5, 5.41) is 10.6. The van der Waals surface area contributed by atoms with E-state index in [4.69, 9.17) is 10.2 Å². The minimum atomic E-state index is -0.0880. The molecule has 0 aliphatic carbocycles. The van der Waals surface area contributed by atoms with Crippen LogP contribution in [0.2, 0.25) is 0 Å². The summed E-state index contributed by atoms with van der Waals surface area (Å²) in [5.74, 6) is 0. The molecular weight excluding hydrogens is 146 g/mol. The smallest absolute Gasteiger partial charge is 0.314 e. The topological polar surface area (TPSA) is 82.1 Å². The average Bonchev–Trinajstić information content (AvgIpc) is 1.90. The van der Waals surface area contributed by atoms with Crippen LogP contribution in [0.1, 0.15) is 13.8 Å². The van der Waals surface area contributed by atoms with Gasteiger partial charge >= 0.3 is 6.03 Å². The van der Waals surface area contributed by atoms with Gasteiger partial charge in [-0.1, -0.05) is 0 Å². The molecule has 5 nitrogen and oxygen atoms in total. The lowest BCUT2D eigenvalue weighted by Crippen LogP contribution is -2.34. The molecule has 5 heteroatoms. The third-order valence-electron chi connectivity index (χ3n) is 0.675. The van der Waals surface area contributed by atoms with Crippen molar-refractivity contribution >= 4 is 12.1 Å². The highest BCUT2D eigenvalue weighted by Gasteiger charge is 1.89. The molecule has 0 rings (SSSR count). The van der Waals surface area contributed by atoms with Crippen LogP contribution in [0.4, 0.5) is 4.79 Å². The fourth-order valence-electron chi connectivity index (χ4n) is 0.384. The Morgan fingerprint density at radius 3 is 1.82 bits per heavy atom. The van der Waals surface area contributed by atoms with E-state index in [1.54, 1.807) is 0 Å². The minimum Gasteiger partial charge on any atom is -0.338 e. The summed E-state index contributed by atoms with van der Waals surface area (Å²) in [7, 11) is 0. The second-order valence-electron chi connectivity index (χ2n) is 1.49. The third kappa shape index (κ3) is 17.7. The summed E-state index contributed by atoms with van der Waals surface area (Å²) < 4.78 is 0. The van der Waals surface area contributed by atoms with E-state index in [-0.39, 0.29) is 6.03 Å². The Labute approximate surface area is 65.7 Å². The normalized spacial score (nSPS) is 6.73. The maximum atomic E-state index is 10.4. The SMILES string of the molecule is CCNC(=O)NCC.N=C=O. The summed E-state index contributed by atoms with van der Waals surface area (Å²) in [4.78, 5) is 18.8. The number of nitrogens with one attached hydrogen (secondary N) is 3. The Morgan fingerprint density at radius 1 is 1.36 bits per heavy atom. The zero-order valence-electron chi connectivity index (χ0n) is 6.73. The van der Waals surface area contributed by atoms with Crippen molar-refractivity contribution in [2.45, 2.75) is 13.8 Å². The van der Waals surface area contributed by atoms with Crippen molar-refractivity contribution in [1.29, 1.82) is 5.41 Å². The lowest BCUT2D eigenvalue weighted by atomic mass is 10.7. The van der Waals surface area contributed by atoms with Crippen molar-refractivity contribution in [3.05, 3.63) is 0 Å². The van der Waals surface area contributed by atoms with Gasteiger partial charge in [-0.2, -0.15) is 0 Å². The number of rotatable bonds is 2. The number of urea groups is 1. The van der Waals surface area contributed by atoms with E-state index >= 15 is 0 Å². The molecule has 64 valence electrons. The Bertz CT molecular complexity index is 122. The maximum absolute atomic E-state index is 10.4. The molecule has 2 amide bonds. The van der Waals surface area contributed by atoms with Gasteiger partial charge in [-0.25, -0.2) is 15.0 Å². The van der Waals surface area contributed by atoms with E-state index in [9.17, 15) is 4.79 Å². The molecule has 0 aliphatic heterocycles. The summed E-state index contributed by atoms with van der Waals surface area (Å²) in [6, 6.07) is -0.0880. The molecule has 0 spiro atoms. The van der Waals surface area contributed by atoms with Crippen LogP contribution < -0.4 is 10.6 Å². The zero-order chi connectivity index (χ0) is 9.11. The monoisotopic (exact) mass is 159 g/mol. The fourth-order valence-corrected chi connectivity index (χ4v) is 0.384. The van der Waals surface area contributed by atoms with Crippen molar-refractivity contribution in [3.8, 4) is 0 Å². The van der Waals surface area contributed by atoms with Crippen molar-refractivity contribution in [3.63, 3.8) is 0 Å². The number of amides is 2. The van der Waals surface area contributed by atoms with E-state index < -0.39 is 0 Å². The highest BCUT2D eigenvalue weighted by molar-refractivity contribution is 5.73. The van der Waals surface area contributed by atoms with Gasteiger partial charge in [-0.05, 0) is 13.8 Å². The molecule has 3 N–H and O–H groups in total. The van der Waals surface area contributed by atoms with Crippen LogP contribution in [0.3, 0.4) is 0 Å². The Balaban J connectivity index is 0. The second-order valence-corrected chi connectivity index (χ2v) is 1.49. The average molecular weight is 159 g/mol. The molecule has 0 fully saturated rings. The van der Waals surface area contributed by atoms with Crippen molar-refractivity contribution in [2.24, 2.45) is 0 Å². The molecule has 0 aromatic carbocycles. The number of hydrogen-bond donors (Lipinski definition) is 3. The highest BCUT2D eigenvalue weighted by Crippen LogP contribution is 1.60. The predicted molar refractivity (Wildman–Crippen MR) is 41.2 cm³/mol. The molecule has 0 aromatic rings. The molecule has 0 aromatic heterocycles. The fraction of sp³-hybridized carbons (Fsp3) is 0.667. The highest BCUT2D eigenvalue weighted by atomic mass is 16.2. The van der Waals surface area contributed by atoms with E-state index in [1.165, 1.54) is 0 Å². The number of isocyanates is 1. The van der Waals surface area contributed by atoms with Gasteiger partial charge in [0.2, 0.25) is 6.08 Å². The Kier molecular flexibility index (Phi) is 12.8. The van der Waals surface area contributed by atoms with Gasteiger partial charge in [0.05, 0.1) is 0 Å². The molecule has 0 aliphatic rings. The summed E-state index contributed by atoms with van der Waals surface area (Å²) >= 11 is 0. The van der Waals surface area contributed by atoms with Crippen LogP contribution in [0.15, 0.2) is 0 Å². The lowest BCUT2D eigenvalue weighted by Gasteiger charge is -1.99. The van der Waals surface area contributed by atoms with Crippen molar-refractivity contribution in [1.82, 2.24) is 10.6 Å². The van der Waals surface area contributed by atoms with Crippen LogP contribution in [0, 0.1) is 5.41 Å². The molecular formula is C6H13N3O2. The largest absolute Gasteiger partial charge is 0.338 e. The van der Waals surface area contributed by atoms with Crippen molar-refractivity contribution in [2.75, 3.05) is 13.1 Å². The van der Waals surface area contributed by atoms with Crippen LogP contribution in [0.5, 0.6) is 0 Å². The Morgan fingerprint density at radius 2 is 1.64 bits per heavy atom. The minimum absolute atomic E-state index is 0.0880. The predicted octanol–water partition coefficient (Wildman–Crippen LogP) is 0.226.